The molecule has 0 unspecified atom stereocenters. The van der Waals surface area contributed by atoms with Crippen LogP contribution in [0.5, 0.6) is 0 Å². The number of thioether (sulfide) groups is 1. The lowest BCUT2D eigenvalue weighted by Crippen LogP contribution is -2.02. The highest BCUT2D eigenvalue weighted by atomic mass is 32.2. The average molecular weight is 304 g/mol. The molecule has 1 aromatic rings. The molecule has 3 nitrogen and oxygen atoms in total. The van der Waals surface area contributed by atoms with Gasteiger partial charge < -0.3 is 9.52 Å². The molecule has 0 saturated heterocycles. The van der Waals surface area contributed by atoms with Gasteiger partial charge in [0, 0.05) is 11.3 Å². The van der Waals surface area contributed by atoms with Crippen LogP contribution in [0.4, 0.5) is 0 Å². The Labute approximate surface area is 129 Å². The van der Waals surface area contributed by atoms with Gasteiger partial charge in [-0.05, 0) is 44.9 Å². The van der Waals surface area contributed by atoms with Crippen molar-refractivity contribution in [2.45, 2.75) is 32.9 Å². The summed E-state index contributed by atoms with van der Waals surface area (Å²) < 4.78 is 5.47. The normalized spacial score (nSPS) is 15.0. The lowest BCUT2D eigenvalue weighted by molar-refractivity contribution is -0.113. The van der Waals surface area contributed by atoms with E-state index < -0.39 is 0 Å². The number of carbonyl (C=O) groups excluding carboxylic acids is 1. The first-order valence-electron chi connectivity index (χ1n) is 6.84. The maximum absolute atomic E-state index is 11.8. The molecule has 0 atom stereocenters. The first kappa shape index (κ1) is 15.7. The van der Waals surface area contributed by atoms with Gasteiger partial charge in [0.05, 0.1) is 5.75 Å². The van der Waals surface area contributed by atoms with Gasteiger partial charge in [-0.15, -0.1) is 11.8 Å². The minimum Gasteiger partial charge on any atom is -0.505 e. The van der Waals surface area contributed by atoms with E-state index in [4.69, 9.17) is 4.42 Å². The Hall–Kier alpha value is -1.68. The summed E-state index contributed by atoms with van der Waals surface area (Å²) in [4.78, 5) is 11.8. The van der Waals surface area contributed by atoms with Gasteiger partial charge in [-0.25, -0.2) is 0 Å². The van der Waals surface area contributed by atoms with Crippen LogP contribution in [0, 0.1) is 0 Å². The summed E-state index contributed by atoms with van der Waals surface area (Å²) in [5.41, 5.74) is 4.54. The van der Waals surface area contributed by atoms with Gasteiger partial charge in [0.15, 0.2) is 17.3 Å². The second-order valence-electron chi connectivity index (χ2n) is 5.35. The molecule has 1 heterocycles. The highest BCUT2D eigenvalue weighted by molar-refractivity contribution is 7.98. The van der Waals surface area contributed by atoms with Crippen molar-refractivity contribution in [3.63, 3.8) is 0 Å². The van der Waals surface area contributed by atoms with Gasteiger partial charge >= 0.3 is 0 Å². The van der Waals surface area contributed by atoms with E-state index in [1.54, 1.807) is 24.8 Å². The van der Waals surface area contributed by atoms with Crippen LogP contribution in [0.1, 0.15) is 38.7 Å². The van der Waals surface area contributed by atoms with Crippen LogP contribution in [0.3, 0.4) is 0 Å². The molecular weight excluding hydrogens is 284 g/mol. The number of hydrogen-bond acceptors (Lipinski definition) is 4. The third-order valence-electron chi connectivity index (χ3n) is 3.56. The zero-order chi connectivity index (χ0) is 15.6. The number of aliphatic hydroxyl groups excluding tert-OH is 1. The van der Waals surface area contributed by atoms with Crippen molar-refractivity contribution in [3.05, 3.63) is 52.5 Å². The predicted octanol–water partition coefficient (Wildman–Crippen LogP) is 4.67. The van der Waals surface area contributed by atoms with Crippen molar-refractivity contribution in [1.82, 2.24) is 0 Å². The van der Waals surface area contributed by atoms with Crippen molar-refractivity contribution in [2.24, 2.45) is 0 Å². The van der Waals surface area contributed by atoms with E-state index in [0.29, 0.717) is 11.5 Å². The molecule has 0 fully saturated rings. The topological polar surface area (TPSA) is 50.4 Å². The van der Waals surface area contributed by atoms with Gasteiger partial charge in [-0.2, -0.15) is 0 Å². The quantitative estimate of drug-likeness (QED) is 0.776. The first-order chi connectivity index (χ1) is 9.90. The summed E-state index contributed by atoms with van der Waals surface area (Å²) in [6.07, 6.45) is 0.903. The third kappa shape index (κ3) is 3.50. The molecule has 2 rings (SSSR count). The van der Waals surface area contributed by atoms with Crippen molar-refractivity contribution < 1.29 is 14.3 Å². The summed E-state index contributed by atoms with van der Waals surface area (Å²) in [5, 5.41) is 9.25. The fourth-order valence-electron chi connectivity index (χ4n) is 2.64. The first-order valence-corrected chi connectivity index (χ1v) is 8.00. The van der Waals surface area contributed by atoms with E-state index >= 15 is 0 Å². The van der Waals surface area contributed by atoms with Gasteiger partial charge in [-0.1, -0.05) is 17.7 Å². The molecule has 0 aliphatic heterocycles. The van der Waals surface area contributed by atoms with E-state index in [0.717, 1.165) is 23.5 Å². The molecule has 4 heteroatoms. The fourth-order valence-corrected chi connectivity index (χ4v) is 3.69. The predicted molar refractivity (Wildman–Crippen MR) is 87.2 cm³/mol. The smallest absolute Gasteiger partial charge is 0.168 e. The van der Waals surface area contributed by atoms with E-state index in [-0.39, 0.29) is 11.5 Å². The molecular formula is C17H20O3S. The van der Waals surface area contributed by atoms with E-state index in [1.807, 2.05) is 13.0 Å². The molecule has 21 heavy (non-hydrogen) atoms. The highest BCUT2D eigenvalue weighted by Crippen LogP contribution is 2.35. The summed E-state index contributed by atoms with van der Waals surface area (Å²) in [7, 11) is 0. The molecule has 112 valence electrons. The Bertz CT molecular complexity index is 647. The average Bonchev–Trinajstić information content (AvgIpc) is 2.95. The van der Waals surface area contributed by atoms with Crippen LogP contribution in [-0.2, 0) is 10.5 Å². The van der Waals surface area contributed by atoms with Crippen molar-refractivity contribution in [1.29, 1.82) is 0 Å². The summed E-state index contributed by atoms with van der Waals surface area (Å²) >= 11 is 1.71. The Morgan fingerprint density at radius 3 is 2.62 bits per heavy atom. The zero-order valence-corrected chi connectivity index (χ0v) is 13.5. The molecule has 1 aliphatic carbocycles. The van der Waals surface area contributed by atoms with Crippen molar-refractivity contribution in [3.8, 4) is 0 Å². The monoisotopic (exact) mass is 304 g/mol. The fraction of sp³-hybridized carbons (Fsp3) is 0.353. The van der Waals surface area contributed by atoms with Crippen molar-refractivity contribution >= 4 is 23.3 Å². The minimum atomic E-state index is -0.0574. The van der Waals surface area contributed by atoms with E-state index in [9.17, 15) is 9.90 Å². The Morgan fingerprint density at radius 1 is 1.33 bits per heavy atom. The second kappa shape index (κ2) is 6.39. The van der Waals surface area contributed by atoms with Crippen LogP contribution >= 0.6 is 11.8 Å². The third-order valence-corrected chi connectivity index (χ3v) is 4.54. The van der Waals surface area contributed by atoms with E-state index in [2.05, 4.69) is 13.5 Å². The highest BCUT2D eigenvalue weighted by Gasteiger charge is 2.22. The maximum atomic E-state index is 11.8. The molecule has 1 aromatic heterocycles. The number of carbonyl (C=O) groups is 1. The Kier molecular flexibility index (Phi) is 4.78. The van der Waals surface area contributed by atoms with Crippen LogP contribution in [0.25, 0.3) is 5.76 Å². The SMILES string of the molecule is C=C(O)c1ccc(CSCC2=C(C)CC(C)=C2C(C)=O)o1. The Balaban J connectivity index is 1.98. The molecule has 0 saturated carbocycles. The number of rotatable bonds is 6. The molecule has 0 aromatic carbocycles. The molecule has 1 aliphatic rings. The lowest BCUT2D eigenvalue weighted by atomic mass is 10.0. The van der Waals surface area contributed by atoms with Gasteiger partial charge in [0.1, 0.15) is 5.76 Å². The number of hydrogen-bond donors (Lipinski definition) is 1. The molecule has 0 spiro atoms. The van der Waals surface area contributed by atoms with E-state index in [1.165, 1.54) is 16.7 Å². The van der Waals surface area contributed by atoms with Crippen LogP contribution in [0.15, 0.2) is 45.4 Å². The number of allylic oxidation sites excluding steroid dienone is 3. The molecule has 0 radical (unpaired) electrons. The summed E-state index contributed by atoms with van der Waals surface area (Å²) in [5.74, 6) is 2.80. The van der Waals surface area contributed by atoms with Gasteiger partial charge in [0.25, 0.3) is 0 Å². The number of furan rings is 1. The van der Waals surface area contributed by atoms with Crippen LogP contribution in [0.2, 0.25) is 0 Å². The van der Waals surface area contributed by atoms with Crippen molar-refractivity contribution in [2.75, 3.05) is 5.75 Å². The number of aliphatic hydroxyl groups is 1. The second-order valence-corrected chi connectivity index (χ2v) is 6.34. The number of Topliss-reactive ketones (excluding diaryl/α,β-unsaturated/α-hetero) is 1. The number of ketones is 1. The standard InChI is InChI=1S/C17H20O3S/c1-10-7-11(2)17(13(4)19)15(10)9-21-8-14-5-6-16(20-14)12(3)18/h5-6,18H,3,7-9H2,1-2,4H3. The van der Waals surface area contributed by atoms with Gasteiger partial charge in [-0.3, -0.25) is 4.79 Å². The largest absolute Gasteiger partial charge is 0.505 e. The zero-order valence-electron chi connectivity index (χ0n) is 12.7. The molecule has 1 N–H and O–H groups in total. The van der Waals surface area contributed by atoms with Gasteiger partial charge in [0.2, 0.25) is 0 Å². The van der Waals surface area contributed by atoms with Crippen LogP contribution in [-0.4, -0.2) is 16.6 Å². The summed E-state index contributed by atoms with van der Waals surface area (Å²) in [6.45, 7) is 9.19. The summed E-state index contributed by atoms with van der Waals surface area (Å²) in [6, 6.07) is 3.55. The maximum Gasteiger partial charge on any atom is 0.168 e. The minimum absolute atomic E-state index is 0.0574. The Morgan fingerprint density at radius 2 is 2.05 bits per heavy atom. The van der Waals surface area contributed by atoms with Crippen LogP contribution < -0.4 is 0 Å². The molecule has 0 bridgehead atoms. The molecule has 0 amide bonds. The lowest BCUT2D eigenvalue weighted by Gasteiger charge is -2.07.